The van der Waals surface area contributed by atoms with Gasteiger partial charge in [0.25, 0.3) is 5.56 Å². The maximum Gasteiger partial charge on any atom is 0.290 e. The van der Waals surface area contributed by atoms with E-state index in [4.69, 9.17) is 10.6 Å². The van der Waals surface area contributed by atoms with Gasteiger partial charge in [-0.15, -0.1) is 0 Å². The largest absolute Gasteiger partial charge is 0.485 e. The first-order valence-corrected chi connectivity index (χ1v) is 15.0. The maximum atomic E-state index is 15.6. The third-order valence-corrected chi connectivity index (χ3v) is 7.54. The predicted molar refractivity (Wildman–Crippen MR) is 181 cm³/mol. The first kappa shape index (κ1) is 34.3. The number of nitrogens with one attached hydrogen (secondary N) is 1. The van der Waals surface area contributed by atoms with E-state index in [0.29, 0.717) is 45.1 Å². The van der Waals surface area contributed by atoms with Crippen LogP contribution in [-0.4, -0.2) is 57.2 Å². The number of nitrogens with two attached hydrogens (primary N) is 1. The van der Waals surface area contributed by atoms with Gasteiger partial charge in [0.1, 0.15) is 28.7 Å². The lowest BCUT2D eigenvalue weighted by atomic mass is 9.84. The van der Waals surface area contributed by atoms with E-state index in [9.17, 15) is 9.90 Å². The van der Waals surface area contributed by atoms with E-state index >= 15 is 4.39 Å². The average Bonchev–Trinajstić information content (AvgIpc) is 2.96. The van der Waals surface area contributed by atoms with Crippen LogP contribution < -0.4 is 21.5 Å². The molecule has 0 amide bonds. The Morgan fingerprint density at radius 1 is 1.11 bits per heavy atom. The van der Waals surface area contributed by atoms with Gasteiger partial charge >= 0.3 is 0 Å². The van der Waals surface area contributed by atoms with Crippen LogP contribution in [0.1, 0.15) is 62.4 Å². The van der Waals surface area contributed by atoms with Crippen molar-refractivity contribution < 1.29 is 14.2 Å². The molecule has 0 radical (unpaired) electrons. The highest BCUT2D eigenvalue weighted by atomic mass is 19.1. The standard InChI is InChI=1S/C35H44FN7O3/c1-34(2,3)24-14-23(18-39-37)27(29(36)16-24)15-22-10-9-11-26(28(22)20-44)30-17-31(33(45)43(8)41-30)40-32-13-12-25(19-38-32)46-35(4,5)21-42(6)7/h9-14,16-19,44H,15,20-21,37H2,1-8H3,(H,38,40)/b39-18-. The number of aromatic nitrogens is 3. The molecule has 0 spiro atoms. The Balaban J connectivity index is 1.68. The van der Waals surface area contributed by atoms with Gasteiger partial charge in [0.05, 0.1) is 24.7 Å². The summed E-state index contributed by atoms with van der Waals surface area (Å²) in [6.07, 6.45) is 3.23. The SMILES string of the molecule is CN(C)CC(C)(C)Oc1ccc(Nc2cc(-c3cccc(Cc4c(F)cc(C(C)(C)C)cc4/C=N\N)c3CO)nn(C)c2=O)nc1. The van der Waals surface area contributed by atoms with Crippen LogP contribution in [-0.2, 0) is 25.5 Å². The molecule has 2 heterocycles. The van der Waals surface area contributed by atoms with Crippen LogP contribution in [0, 0.1) is 5.82 Å². The number of halogens is 1. The fourth-order valence-electron chi connectivity index (χ4n) is 5.49. The molecule has 0 bridgehead atoms. The number of aryl methyl sites for hydroxylation is 1. The molecule has 10 nitrogen and oxygen atoms in total. The average molecular weight is 630 g/mol. The van der Waals surface area contributed by atoms with Crippen molar-refractivity contribution in [3.63, 3.8) is 0 Å². The number of aliphatic hydroxyl groups excluding tert-OH is 1. The van der Waals surface area contributed by atoms with Crippen LogP contribution in [0.15, 0.2) is 64.6 Å². The highest BCUT2D eigenvalue weighted by Crippen LogP contribution is 2.31. The summed E-state index contributed by atoms with van der Waals surface area (Å²) in [6, 6.07) is 14.1. The minimum atomic E-state index is -0.420. The van der Waals surface area contributed by atoms with Gasteiger partial charge in [-0.25, -0.2) is 14.1 Å². The molecule has 0 fully saturated rings. The van der Waals surface area contributed by atoms with E-state index in [0.717, 1.165) is 12.1 Å². The smallest absolute Gasteiger partial charge is 0.290 e. The topological polar surface area (TPSA) is 131 Å². The Labute approximate surface area is 269 Å². The normalized spacial score (nSPS) is 12.2. The van der Waals surface area contributed by atoms with Crippen LogP contribution in [0.25, 0.3) is 11.3 Å². The second-order valence-corrected chi connectivity index (χ2v) is 13.3. The Kier molecular flexibility index (Phi) is 10.3. The van der Waals surface area contributed by atoms with Crippen molar-refractivity contribution in [2.24, 2.45) is 18.0 Å². The molecule has 4 aromatic rings. The molecular weight excluding hydrogens is 585 g/mol. The Hall–Kier alpha value is -4.61. The van der Waals surface area contributed by atoms with E-state index in [1.807, 2.05) is 73.0 Å². The fraction of sp³-hybridized carbons (Fsp3) is 0.371. The molecule has 0 unspecified atom stereocenters. The highest BCUT2D eigenvalue weighted by Gasteiger charge is 2.22. The maximum absolute atomic E-state index is 15.6. The molecular formula is C35H44FN7O3. The van der Waals surface area contributed by atoms with Crippen LogP contribution >= 0.6 is 0 Å². The van der Waals surface area contributed by atoms with Crippen molar-refractivity contribution in [2.75, 3.05) is 26.0 Å². The van der Waals surface area contributed by atoms with E-state index in [1.165, 1.54) is 17.0 Å². The zero-order valence-corrected chi connectivity index (χ0v) is 27.8. The summed E-state index contributed by atoms with van der Waals surface area (Å²) >= 11 is 0. The minimum Gasteiger partial charge on any atom is -0.485 e. The van der Waals surface area contributed by atoms with Crippen LogP contribution in [0.5, 0.6) is 5.75 Å². The first-order valence-electron chi connectivity index (χ1n) is 15.0. The molecule has 0 saturated heterocycles. The van der Waals surface area contributed by atoms with Gasteiger partial charge in [0.15, 0.2) is 0 Å². The second-order valence-electron chi connectivity index (χ2n) is 13.3. The van der Waals surface area contributed by atoms with Crippen LogP contribution in [0.3, 0.4) is 0 Å². The van der Waals surface area contributed by atoms with Crippen molar-refractivity contribution in [3.05, 3.63) is 98.7 Å². The molecule has 2 aromatic carbocycles. The fourth-order valence-corrected chi connectivity index (χ4v) is 5.49. The third-order valence-electron chi connectivity index (χ3n) is 7.54. The lowest BCUT2D eigenvalue weighted by Crippen LogP contribution is -2.39. The number of aliphatic hydroxyl groups is 1. The number of benzene rings is 2. The third kappa shape index (κ3) is 8.15. The van der Waals surface area contributed by atoms with Gasteiger partial charge in [-0.2, -0.15) is 10.2 Å². The van der Waals surface area contributed by atoms with E-state index in [-0.39, 0.29) is 35.5 Å². The second kappa shape index (κ2) is 13.8. The van der Waals surface area contributed by atoms with Crippen molar-refractivity contribution in [1.29, 1.82) is 0 Å². The Morgan fingerprint density at radius 2 is 1.85 bits per heavy atom. The number of nitrogens with zero attached hydrogens (tertiary/aromatic N) is 5. The van der Waals surface area contributed by atoms with E-state index in [1.54, 1.807) is 31.4 Å². The summed E-state index contributed by atoms with van der Waals surface area (Å²) in [5.41, 5.74) is 3.33. The lowest BCUT2D eigenvalue weighted by Gasteiger charge is -2.29. The molecule has 46 heavy (non-hydrogen) atoms. The molecule has 244 valence electrons. The van der Waals surface area contributed by atoms with Crippen molar-refractivity contribution in [1.82, 2.24) is 19.7 Å². The summed E-state index contributed by atoms with van der Waals surface area (Å²) in [5, 5.41) is 21.8. The number of hydrogen-bond acceptors (Lipinski definition) is 9. The molecule has 4 N–H and O–H groups in total. The molecule has 0 aliphatic heterocycles. The molecule has 4 rings (SSSR count). The number of hydrazone groups is 1. The predicted octanol–water partition coefficient (Wildman–Crippen LogP) is 5.12. The summed E-state index contributed by atoms with van der Waals surface area (Å²) in [4.78, 5) is 19.6. The summed E-state index contributed by atoms with van der Waals surface area (Å²) in [6.45, 7) is 10.4. The zero-order valence-electron chi connectivity index (χ0n) is 27.8. The van der Waals surface area contributed by atoms with Crippen molar-refractivity contribution in [2.45, 2.75) is 58.7 Å². The molecule has 0 saturated carbocycles. The van der Waals surface area contributed by atoms with Gasteiger partial charge in [0.2, 0.25) is 0 Å². The Bertz CT molecular complexity index is 1780. The lowest BCUT2D eigenvalue weighted by molar-refractivity contribution is 0.0771. The van der Waals surface area contributed by atoms with Crippen LogP contribution in [0.2, 0.25) is 0 Å². The quantitative estimate of drug-likeness (QED) is 0.118. The van der Waals surface area contributed by atoms with E-state index < -0.39 is 5.60 Å². The first-order chi connectivity index (χ1) is 21.6. The minimum absolute atomic E-state index is 0.182. The monoisotopic (exact) mass is 629 g/mol. The number of hydrogen-bond donors (Lipinski definition) is 3. The van der Waals surface area contributed by atoms with Gasteiger partial charge < -0.3 is 25.9 Å². The van der Waals surface area contributed by atoms with Gasteiger partial charge in [-0.1, -0.05) is 39.0 Å². The highest BCUT2D eigenvalue weighted by molar-refractivity contribution is 5.82. The summed E-state index contributed by atoms with van der Waals surface area (Å²) in [5.74, 6) is 6.16. The molecule has 0 atom stereocenters. The number of likely N-dealkylation sites (N-methyl/N-ethyl adjacent to an activating group) is 1. The molecule has 0 aliphatic carbocycles. The molecule has 11 heteroatoms. The van der Waals surface area contributed by atoms with E-state index in [2.05, 4.69) is 25.4 Å². The van der Waals surface area contributed by atoms with Crippen molar-refractivity contribution in [3.8, 4) is 17.0 Å². The Morgan fingerprint density at radius 3 is 2.46 bits per heavy atom. The molecule has 0 aliphatic rings. The molecule has 2 aromatic heterocycles. The van der Waals surface area contributed by atoms with Gasteiger partial charge in [-0.05, 0) is 80.4 Å². The number of pyridine rings is 1. The van der Waals surface area contributed by atoms with Crippen molar-refractivity contribution >= 4 is 17.7 Å². The van der Waals surface area contributed by atoms with Gasteiger partial charge in [0, 0.05) is 36.7 Å². The number of ether oxygens (including phenoxy) is 1. The van der Waals surface area contributed by atoms with Crippen LogP contribution in [0.4, 0.5) is 15.9 Å². The summed E-state index contributed by atoms with van der Waals surface area (Å²) in [7, 11) is 5.53. The zero-order chi connectivity index (χ0) is 33.8. The van der Waals surface area contributed by atoms with Gasteiger partial charge in [-0.3, -0.25) is 4.79 Å². The summed E-state index contributed by atoms with van der Waals surface area (Å²) < 4.78 is 22.9. The number of rotatable bonds is 11. The number of anilines is 2.